The molecule has 1 atom stereocenters. The second-order valence-corrected chi connectivity index (χ2v) is 12.9. The summed E-state index contributed by atoms with van der Waals surface area (Å²) in [5, 5.41) is 0. The van der Waals surface area contributed by atoms with Crippen molar-refractivity contribution >= 4 is 20.1 Å². The number of para-hydroxylation sites is 1. The number of rotatable bonds is 2. The van der Waals surface area contributed by atoms with E-state index in [2.05, 4.69) is 75.9 Å². The van der Waals surface area contributed by atoms with E-state index in [4.69, 9.17) is 4.99 Å². The van der Waals surface area contributed by atoms with Crippen molar-refractivity contribution in [2.45, 2.75) is 58.0 Å². The van der Waals surface area contributed by atoms with E-state index >= 15 is 0 Å². The van der Waals surface area contributed by atoms with Crippen molar-refractivity contribution in [2.24, 2.45) is 4.99 Å². The van der Waals surface area contributed by atoms with E-state index in [1.807, 2.05) is 0 Å². The fourth-order valence-corrected chi connectivity index (χ4v) is 4.38. The van der Waals surface area contributed by atoms with Crippen LogP contribution in [0.1, 0.15) is 26.3 Å². The van der Waals surface area contributed by atoms with Gasteiger partial charge < -0.3 is 4.90 Å². The van der Waals surface area contributed by atoms with Crippen LogP contribution in [-0.2, 0) is 6.42 Å². The zero-order chi connectivity index (χ0) is 14.3. The standard InChI is InChI=1S/C16H26N2Si/c1-16(2,3)17-12-18-14-10-8-7-9-13(14)11-15(18)19(4,5)6/h7-10,12,15H,11H2,1-6H3. The maximum atomic E-state index is 4.72. The lowest BCUT2D eigenvalue weighted by atomic mass is 10.1. The van der Waals surface area contributed by atoms with Gasteiger partial charge in [-0.3, -0.25) is 4.99 Å². The molecule has 1 aliphatic rings. The third-order valence-corrected chi connectivity index (χ3v) is 6.07. The van der Waals surface area contributed by atoms with E-state index in [9.17, 15) is 0 Å². The molecule has 104 valence electrons. The molecule has 0 saturated heterocycles. The summed E-state index contributed by atoms with van der Waals surface area (Å²) in [6, 6.07) is 8.76. The molecule has 2 nitrogen and oxygen atoms in total. The van der Waals surface area contributed by atoms with Crippen molar-refractivity contribution in [1.29, 1.82) is 0 Å². The number of benzene rings is 1. The van der Waals surface area contributed by atoms with Crippen LogP contribution >= 0.6 is 0 Å². The van der Waals surface area contributed by atoms with Crippen LogP contribution in [-0.4, -0.2) is 25.6 Å². The fraction of sp³-hybridized carbons (Fsp3) is 0.562. The number of aliphatic imine (C=N–C) groups is 1. The average molecular weight is 274 g/mol. The summed E-state index contributed by atoms with van der Waals surface area (Å²) < 4.78 is 0. The Morgan fingerprint density at radius 2 is 1.84 bits per heavy atom. The van der Waals surface area contributed by atoms with Gasteiger partial charge in [-0.2, -0.15) is 0 Å². The molecule has 1 aromatic rings. The molecule has 3 heteroatoms. The van der Waals surface area contributed by atoms with E-state index < -0.39 is 8.07 Å². The van der Waals surface area contributed by atoms with Gasteiger partial charge in [0.15, 0.2) is 0 Å². The molecule has 0 saturated carbocycles. The summed E-state index contributed by atoms with van der Waals surface area (Å²) in [5.74, 6) is 0. The Bertz CT molecular complexity index is 480. The molecule has 0 spiro atoms. The average Bonchev–Trinajstić information content (AvgIpc) is 2.63. The number of hydrogen-bond acceptors (Lipinski definition) is 1. The minimum atomic E-state index is -1.25. The Morgan fingerprint density at radius 3 is 2.42 bits per heavy atom. The largest absolute Gasteiger partial charge is 0.332 e. The third-order valence-electron chi connectivity index (χ3n) is 3.59. The molecule has 0 radical (unpaired) electrons. The van der Waals surface area contributed by atoms with Gasteiger partial charge in [0.25, 0.3) is 0 Å². The highest BCUT2D eigenvalue weighted by Gasteiger charge is 2.37. The Balaban J connectivity index is 2.37. The highest BCUT2D eigenvalue weighted by Crippen LogP contribution is 2.35. The van der Waals surface area contributed by atoms with Crippen LogP contribution in [0, 0.1) is 0 Å². The molecular weight excluding hydrogens is 248 g/mol. The topological polar surface area (TPSA) is 15.6 Å². The van der Waals surface area contributed by atoms with E-state index in [-0.39, 0.29) is 5.54 Å². The van der Waals surface area contributed by atoms with Gasteiger partial charge in [-0.25, -0.2) is 0 Å². The van der Waals surface area contributed by atoms with Crippen molar-refractivity contribution in [2.75, 3.05) is 4.90 Å². The Morgan fingerprint density at radius 1 is 1.21 bits per heavy atom. The maximum absolute atomic E-state index is 4.72. The molecule has 1 aliphatic heterocycles. The van der Waals surface area contributed by atoms with Crippen LogP contribution in [0.2, 0.25) is 19.6 Å². The van der Waals surface area contributed by atoms with E-state index in [0.29, 0.717) is 5.67 Å². The lowest BCUT2D eigenvalue weighted by Gasteiger charge is -2.33. The molecular formula is C16H26N2Si. The van der Waals surface area contributed by atoms with Gasteiger partial charge in [0, 0.05) is 11.4 Å². The number of hydrogen-bond donors (Lipinski definition) is 0. The van der Waals surface area contributed by atoms with E-state index in [0.717, 1.165) is 0 Å². The van der Waals surface area contributed by atoms with Crippen molar-refractivity contribution in [3.8, 4) is 0 Å². The molecule has 0 N–H and O–H groups in total. The minimum Gasteiger partial charge on any atom is -0.332 e. The van der Waals surface area contributed by atoms with Gasteiger partial charge in [0.1, 0.15) is 0 Å². The van der Waals surface area contributed by atoms with Crippen molar-refractivity contribution in [3.63, 3.8) is 0 Å². The normalized spacial score (nSPS) is 20.1. The zero-order valence-electron chi connectivity index (χ0n) is 13.1. The highest BCUT2D eigenvalue weighted by atomic mass is 28.3. The summed E-state index contributed by atoms with van der Waals surface area (Å²) in [7, 11) is -1.25. The van der Waals surface area contributed by atoms with Gasteiger partial charge in [-0.1, -0.05) is 37.8 Å². The first kappa shape index (κ1) is 14.3. The van der Waals surface area contributed by atoms with E-state index in [1.165, 1.54) is 17.7 Å². The van der Waals surface area contributed by atoms with Gasteiger partial charge in [-0.05, 0) is 38.8 Å². The molecule has 0 aliphatic carbocycles. The number of anilines is 1. The molecule has 19 heavy (non-hydrogen) atoms. The molecule has 0 aromatic heterocycles. The Hall–Kier alpha value is -1.09. The van der Waals surface area contributed by atoms with Crippen LogP contribution in [0.5, 0.6) is 0 Å². The van der Waals surface area contributed by atoms with Crippen LogP contribution in [0.25, 0.3) is 0 Å². The van der Waals surface area contributed by atoms with E-state index in [1.54, 1.807) is 0 Å². The quantitative estimate of drug-likeness (QED) is 0.450. The summed E-state index contributed by atoms with van der Waals surface area (Å²) in [4.78, 5) is 7.15. The summed E-state index contributed by atoms with van der Waals surface area (Å²) >= 11 is 0. The first-order valence-electron chi connectivity index (χ1n) is 7.10. The van der Waals surface area contributed by atoms with Gasteiger partial charge in [0.2, 0.25) is 0 Å². The van der Waals surface area contributed by atoms with Crippen LogP contribution in [0.15, 0.2) is 29.3 Å². The first-order chi connectivity index (χ1) is 8.68. The molecule has 0 bridgehead atoms. The first-order valence-corrected chi connectivity index (χ1v) is 10.7. The van der Waals surface area contributed by atoms with Gasteiger partial charge in [-0.15, -0.1) is 0 Å². The lowest BCUT2D eigenvalue weighted by molar-refractivity contribution is 0.584. The summed E-state index contributed by atoms with van der Waals surface area (Å²) in [5.41, 5.74) is 3.43. The summed E-state index contributed by atoms with van der Waals surface area (Å²) in [6.07, 6.45) is 3.25. The molecule has 0 fully saturated rings. The monoisotopic (exact) mass is 274 g/mol. The van der Waals surface area contributed by atoms with Gasteiger partial charge in [0.05, 0.1) is 20.0 Å². The minimum absolute atomic E-state index is 0.0124. The molecule has 1 unspecified atom stereocenters. The van der Waals surface area contributed by atoms with Crippen LogP contribution in [0.4, 0.5) is 5.69 Å². The molecule has 2 rings (SSSR count). The van der Waals surface area contributed by atoms with Crippen LogP contribution in [0.3, 0.4) is 0 Å². The second kappa shape index (κ2) is 4.78. The molecule has 1 aromatic carbocycles. The smallest absolute Gasteiger partial charge is 0.0900 e. The number of nitrogens with zero attached hydrogens (tertiary/aromatic N) is 2. The lowest BCUT2D eigenvalue weighted by Crippen LogP contribution is -2.49. The Labute approximate surface area is 118 Å². The fourth-order valence-electron chi connectivity index (χ4n) is 2.51. The predicted molar refractivity (Wildman–Crippen MR) is 88.0 cm³/mol. The number of fused-ring (bicyclic) bond motifs is 1. The SMILES string of the molecule is CC(C)(C)N=CN1c2ccccc2CC1[Si](C)(C)C. The van der Waals surface area contributed by atoms with Crippen LogP contribution < -0.4 is 4.90 Å². The highest BCUT2D eigenvalue weighted by molar-refractivity contribution is 6.78. The van der Waals surface area contributed by atoms with Gasteiger partial charge >= 0.3 is 0 Å². The zero-order valence-corrected chi connectivity index (χ0v) is 14.1. The maximum Gasteiger partial charge on any atom is 0.0900 e. The predicted octanol–water partition coefficient (Wildman–Crippen LogP) is 4.12. The third kappa shape index (κ3) is 3.27. The van der Waals surface area contributed by atoms with Crippen molar-refractivity contribution < 1.29 is 0 Å². The van der Waals surface area contributed by atoms with Crippen molar-refractivity contribution in [1.82, 2.24) is 0 Å². The second-order valence-electron chi connectivity index (χ2n) is 7.54. The molecule has 1 heterocycles. The summed E-state index contributed by atoms with van der Waals surface area (Å²) in [6.45, 7) is 13.8. The Kier molecular flexibility index (Phi) is 3.60. The molecule has 0 amide bonds. The van der Waals surface area contributed by atoms with Crippen molar-refractivity contribution in [3.05, 3.63) is 29.8 Å².